The van der Waals surface area contributed by atoms with E-state index >= 15 is 0 Å². The number of rotatable bonds is 2. The van der Waals surface area contributed by atoms with Gasteiger partial charge in [0.25, 0.3) is 0 Å². The third-order valence-corrected chi connectivity index (χ3v) is 3.12. The molecule has 1 saturated carbocycles. The van der Waals surface area contributed by atoms with E-state index in [1.807, 2.05) is 13.0 Å². The first kappa shape index (κ1) is 8.75. The summed E-state index contributed by atoms with van der Waals surface area (Å²) in [7, 11) is 0. The van der Waals surface area contributed by atoms with Crippen molar-refractivity contribution in [1.29, 1.82) is 0 Å². The van der Waals surface area contributed by atoms with Gasteiger partial charge in [-0.2, -0.15) is 0 Å². The summed E-state index contributed by atoms with van der Waals surface area (Å²) in [6.07, 6.45) is 4.86. The zero-order valence-electron chi connectivity index (χ0n) is 8.05. The predicted molar refractivity (Wildman–Crippen MR) is 50.4 cm³/mol. The second-order valence-corrected chi connectivity index (χ2v) is 4.01. The topological polar surface area (TPSA) is 52.0 Å². The Labute approximate surface area is 78.3 Å². The van der Waals surface area contributed by atoms with E-state index in [0.29, 0.717) is 6.54 Å². The van der Waals surface area contributed by atoms with E-state index in [0.717, 1.165) is 24.3 Å². The molecule has 0 radical (unpaired) electrons. The van der Waals surface area contributed by atoms with Crippen molar-refractivity contribution >= 4 is 0 Å². The van der Waals surface area contributed by atoms with Crippen LogP contribution >= 0.6 is 0 Å². The number of nitrogens with zero attached hydrogens (tertiary/aromatic N) is 1. The molecule has 1 aliphatic carbocycles. The first-order valence-corrected chi connectivity index (χ1v) is 4.91. The van der Waals surface area contributed by atoms with Crippen molar-refractivity contribution in [1.82, 2.24) is 5.16 Å². The van der Waals surface area contributed by atoms with Crippen LogP contribution in [0.5, 0.6) is 0 Å². The smallest absolute Gasteiger partial charge is 0.133 e. The van der Waals surface area contributed by atoms with E-state index in [9.17, 15) is 0 Å². The fourth-order valence-electron chi connectivity index (χ4n) is 2.23. The van der Waals surface area contributed by atoms with Gasteiger partial charge in [-0.05, 0) is 19.8 Å². The van der Waals surface area contributed by atoms with Crippen LogP contribution in [0.2, 0.25) is 0 Å². The fourth-order valence-corrected chi connectivity index (χ4v) is 2.23. The maximum Gasteiger partial charge on any atom is 0.133 e. The van der Waals surface area contributed by atoms with E-state index in [2.05, 4.69) is 5.16 Å². The molecular weight excluding hydrogens is 164 g/mol. The predicted octanol–water partition coefficient (Wildman–Crippen LogP) is 1.75. The van der Waals surface area contributed by atoms with E-state index in [1.54, 1.807) is 0 Å². The summed E-state index contributed by atoms with van der Waals surface area (Å²) in [5.74, 6) is 0.884. The molecule has 0 aromatic carbocycles. The largest absolute Gasteiger partial charge is 0.361 e. The van der Waals surface area contributed by atoms with Gasteiger partial charge in [-0.25, -0.2) is 0 Å². The molecule has 1 heterocycles. The molecule has 1 fully saturated rings. The van der Waals surface area contributed by atoms with Crippen LogP contribution in [0.25, 0.3) is 0 Å². The Kier molecular flexibility index (Phi) is 2.12. The highest BCUT2D eigenvalue weighted by atomic mass is 16.5. The molecule has 2 N–H and O–H groups in total. The monoisotopic (exact) mass is 180 g/mol. The molecule has 2 rings (SSSR count). The molecule has 0 unspecified atom stereocenters. The van der Waals surface area contributed by atoms with E-state index in [-0.39, 0.29) is 5.41 Å². The molecule has 3 nitrogen and oxygen atoms in total. The molecule has 0 atom stereocenters. The van der Waals surface area contributed by atoms with Crippen molar-refractivity contribution in [2.24, 2.45) is 5.73 Å². The highest BCUT2D eigenvalue weighted by Gasteiger charge is 2.36. The summed E-state index contributed by atoms with van der Waals surface area (Å²) in [6.45, 7) is 2.62. The number of aryl methyl sites for hydroxylation is 1. The molecule has 0 aliphatic heterocycles. The van der Waals surface area contributed by atoms with Crippen LogP contribution in [0.15, 0.2) is 10.6 Å². The lowest BCUT2D eigenvalue weighted by atomic mass is 9.83. The number of hydrogen-bond donors (Lipinski definition) is 1. The molecule has 1 aromatic rings. The fraction of sp³-hybridized carbons (Fsp3) is 0.700. The summed E-state index contributed by atoms with van der Waals surface area (Å²) in [5.41, 5.74) is 7.01. The third kappa shape index (κ3) is 1.37. The molecule has 0 bridgehead atoms. The molecule has 0 saturated heterocycles. The highest BCUT2D eigenvalue weighted by Crippen LogP contribution is 2.39. The Morgan fingerprint density at radius 3 is 2.69 bits per heavy atom. The van der Waals surface area contributed by atoms with Crippen LogP contribution in [-0.4, -0.2) is 11.7 Å². The second-order valence-electron chi connectivity index (χ2n) is 4.01. The van der Waals surface area contributed by atoms with Crippen molar-refractivity contribution in [3.8, 4) is 0 Å². The van der Waals surface area contributed by atoms with Crippen molar-refractivity contribution in [3.63, 3.8) is 0 Å². The Morgan fingerprint density at radius 1 is 1.54 bits per heavy atom. The minimum atomic E-state index is 0.123. The van der Waals surface area contributed by atoms with Crippen LogP contribution in [0.1, 0.15) is 37.1 Å². The first-order chi connectivity index (χ1) is 6.27. The zero-order chi connectivity index (χ0) is 9.31. The van der Waals surface area contributed by atoms with Gasteiger partial charge >= 0.3 is 0 Å². The van der Waals surface area contributed by atoms with Gasteiger partial charge < -0.3 is 10.3 Å². The number of aromatic nitrogens is 1. The minimum absolute atomic E-state index is 0.123. The SMILES string of the molecule is Cc1cc(C2(CN)CCCC2)no1. The summed E-state index contributed by atoms with van der Waals surface area (Å²) >= 11 is 0. The zero-order valence-corrected chi connectivity index (χ0v) is 8.05. The van der Waals surface area contributed by atoms with Gasteiger partial charge in [0.2, 0.25) is 0 Å². The van der Waals surface area contributed by atoms with Gasteiger partial charge in [0, 0.05) is 18.0 Å². The average molecular weight is 180 g/mol. The molecule has 3 heteroatoms. The molecule has 72 valence electrons. The summed E-state index contributed by atoms with van der Waals surface area (Å²) in [6, 6.07) is 2.03. The van der Waals surface area contributed by atoms with Gasteiger partial charge in [0.15, 0.2) is 0 Å². The Balaban J connectivity index is 2.30. The number of nitrogens with two attached hydrogens (primary N) is 1. The summed E-state index contributed by atoms with van der Waals surface area (Å²) in [5, 5.41) is 4.09. The van der Waals surface area contributed by atoms with Gasteiger partial charge in [0.05, 0.1) is 5.69 Å². The lowest BCUT2D eigenvalue weighted by Crippen LogP contribution is -2.32. The Hall–Kier alpha value is -0.830. The van der Waals surface area contributed by atoms with Crippen molar-refractivity contribution in [3.05, 3.63) is 17.5 Å². The van der Waals surface area contributed by atoms with Gasteiger partial charge in [-0.3, -0.25) is 0 Å². The number of hydrogen-bond acceptors (Lipinski definition) is 3. The molecule has 1 aliphatic rings. The minimum Gasteiger partial charge on any atom is -0.361 e. The molecule has 1 aromatic heterocycles. The molecule has 0 amide bonds. The van der Waals surface area contributed by atoms with E-state index in [4.69, 9.17) is 10.3 Å². The first-order valence-electron chi connectivity index (χ1n) is 4.91. The molecular formula is C10H16N2O. The van der Waals surface area contributed by atoms with Crippen LogP contribution in [0.4, 0.5) is 0 Å². The van der Waals surface area contributed by atoms with E-state index in [1.165, 1.54) is 12.8 Å². The van der Waals surface area contributed by atoms with Crippen LogP contribution < -0.4 is 5.73 Å². The summed E-state index contributed by atoms with van der Waals surface area (Å²) in [4.78, 5) is 0. The van der Waals surface area contributed by atoms with Crippen LogP contribution in [-0.2, 0) is 5.41 Å². The lowest BCUT2D eigenvalue weighted by molar-refractivity contribution is 0.355. The van der Waals surface area contributed by atoms with Crippen molar-refractivity contribution in [2.45, 2.75) is 38.0 Å². The Morgan fingerprint density at radius 2 is 2.23 bits per heavy atom. The maximum absolute atomic E-state index is 5.83. The van der Waals surface area contributed by atoms with Crippen LogP contribution in [0, 0.1) is 6.92 Å². The van der Waals surface area contributed by atoms with Gasteiger partial charge in [-0.1, -0.05) is 18.0 Å². The van der Waals surface area contributed by atoms with Crippen molar-refractivity contribution < 1.29 is 4.52 Å². The quantitative estimate of drug-likeness (QED) is 0.754. The lowest BCUT2D eigenvalue weighted by Gasteiger charge is -2.23. The van der Waals surface area contributed by atoms with Crippen molar-refractivity contribution in [2.75, 3.05) is 6.54 Å². The second kappa shape index (κ2) is 3.14. The van der Waals surface area contributed by atoms with Gasteiger partial charge in [0.1, 0.15) is 5.76 Å². The normalized spacial score (nSPS) is 20.8. The third-order valence-electron chi connectivity index (χ3n) is 3.12. The van der Waals surface area contributed by atoms with Gasteiger partial charge in [-0.15, -0.1) is 0 Å². The van der Waals surface area contributed by atoms with E-state index < -0.39 is 0 Å². The standard InChI is InChI=1S/C10H16N2O/c1-8-6-9(12-13-8)10(7-11)4-2-3-5-10/h6H,2-5,7,11H2,1H3. The molecule has 0 spiro atoms. The summed E-state index contributed by atoms with van der Waals surface area (Å²) < 4.78 is 5.10. The van der Waals surface area contributed by atoms with Crippen LogP contribution in [0.3, 0.4) is 0 Å². The Bertz CT molecular complexity index is 287. The highest BCUT2D eigenvalue weighted by molar-refractivity contribution is 5.19. The molecule has 13 heavy (non-hydrogen) atoms. The average Bonchev–Trinajstić information content (AvgIpc) is 2.73. The maximum atomic E-state index is 5.83.